The molecule has 1 atom stereocenters. The van der Waals surface area contributed by atoms with Crippen LogP contribution in [0.5, 0.6) is 5.75 Å². The molecule has 0 radical (unpaired) electrons. The van der Waals surface area contributed by atoms with Crippen LogP contribution in [0.25, 0.3) is 0 Å². The van der Waals surface area contributed by atoms with Crippen LogP contribution >= 0.6 is 0 Å². The van der Waals surface area contributed by atoms with Crippen molar-refractivity contribution in [2.24, 2.45) is 5.41 Å². The Balaban J connectivity index is 2.39. The first-order chi connectivity index (χ1) is 9.99. The molecule has 1 aromatic rings. The molecule has 0 amide bonds. The summed E-state index contributed by atoms with van der Waals surface area (Å²) in [5.74, 6) is 0.233. The van der Waals surface area contributed by atoms with Crippen LogP contribution in [0.3, 0.4) is 0 Å². The number of aliphatic hydroxyl groups excluding tert-OH is 1. The molecule has 1 aliphatic heterocycles. The van der Waals surface area contributed by atoms with Crippen molar-refractivity contribution in [2.75, 3.05) is 39.9 Å². The fourth-order valence-electron chi connectivity index (χ4n) is 3.00. The smallest absolute Gasteiger partial charge is 0.131 e. The van der Waals surface area contributed by atoms with Gasteiger partial charge in [-0.25, -0.2) is 4.39 Å². The van der Waals surface area contributed by atoms with Crippen LogP contribution in [0.1, 0.15) is 25.5 Å². The number of nitrogens with one attached hydrogen (secondary N) is 1. The Bertz CT molecular complexity index is 473. The molecule has 0 saturated carbocycles. The first-order valence-electron chi connectivity index (χ1n) is 7.38. The van der Waals surface area contributed by atoms with Gasteiger partial charge in [0, 0.05) is 55.9 Å². The van der Waals surface area contributed by atoms with Gasteiger partial charge in [0.05, 0.1) is 7.11 Å². The van der Waals surface area contributed by atoms with Gasteiger partial charge in [0.2, 0.25) is 0 Å². The van der Waals surface area contributed by atoms with Gasteiger partial charge < -0.3 is 15.2 Å². The Morgan fingerprint density at radius 3 is 2.57 bits per heavy atom. The summed E-state index contributed by atoms with van der Waals surface area (Å²) in [5, 5.41) is 13.1. The van der Waals surface area contributed by atoms with E-state index in [1.165, 1.54) is 13.2 Å². The number of benzene rings is 1. The van der Waals surface area contributed by atoms with Crippen molar-refractivity contribution in [3.63, 3.8) is 0 Å². The number of hydrogen-bond acceptors (Lipinski definition) is 4. The summed E-state index contributed by atoms with van der Waals surface area (Å²) < 4.78 is 19.6. The normalized spacial score (nSPS) is 18.5. The third-order valence-corrected chi connectivity index (χ3v) is 4.17. The van der Waals surface area contributed by atoms with Crippen LogP contribution < -0.4 is 10.1 Å². The van der Waals surface area contributed by atoms with Gasteiger partial charge >= 0.3 is 0 Å². The second-order valence-corrected chi connectivity index (χ2v) is 6.22. The average molecular weight is 296 g/mol. The number of ether oxygens (including phenoxy) is 1. The molecule has 0 unspecified atom stereocenters. The molecule has 4 nitrogen and oxygen atoms in total. The van der Waals surface area contributed by atoms with E-state index in [0.717, 1.165) is 26.2 Å². The Labute approximate surface area is 125 Å². The summed E-state index contributed by atoms with van der Waals surface area (Å²) in [6.45, 7) is 7.42. The van der Waals surface area contributed by atoms with Crippen molar-refractivity contribution in [3.8, 4) is 5.75 Å². The summed E-state index contributed by atoms with van der Waals surface area (Å²) in [7, 11) is 1.53. The van der Waals surface area contributed by atoms with E-state index in [4.69, 9.17) is 4.74 Å². The predicted octanol–water partition coefficient (Wildman–Crippen LogP) is 1.80. The molecule has 21 heavy (non-hydrogen) atoms. The third-order valence-electron chi connectivity index (χ3n) is 4.17. The van der Waals surface area contributed by atoms with E-state index >= 15 is 0 Å². The second-order valence-electron chi connectivity index (χ2n) is 6.22. The lowest BCUT2D eigenvalue weighted by Gasteiger charge is -2.43. The van der Waals surface area contributed by atoms with Crippen LogP contribution in [-0.2, 0) is 0 Å². The minimum Gasteiger partial charge on any atom is -0.497 e. The summed E-state index contributed by atoms with van der Waals surface area (Å²) in [6.07, 6.45) is 0. The number of halogens is 1. The van der Waals surface area contributed by atoms with Crippen molar-refractivity contribution in [3.05, 3.63) is 29.6 Å². The molecule has 5 heteroatoms. The maximum atomic E-state index is 14.5. The van der Waals surface area contributed by atoms with Gasteiger partial charge in [-0.1, -0.05) is 19.9 Å². The zero-order valence-corrected chi connectivity index (χ0v) is 13.0. The third kappa shape index (κ3) is 3.54. The molecular formula is C16H25FN2O2. The van der Waals surface area contributed by atoms with Gasteiger partial charge in [-0.3, -0.25) is 4.90 Å². The molecule has 1 aliphatic rings. The number of hydrogen-bond donors (Lipinski definition) is 2. The SMILES string of the molecule is COc1ccc([C@@H](N2CCNCC2)C(C)(C)CO)c(F)c1. The molecule has 2 rings (SSSR count). The molecular weight excluding hydrogens is 271 g/mol. The van der Waals surface area contributed by atoms with Crippen LogP contribution in [0, 0.1) is 11.2 Å². The Morgan fingerprint density at radius 2 is 2.05 bits per heavy atom. The van der Waals surface area contributed by atoms with Crippen molar-refractivity contribution in [1.82, 2.24) is 10.2 Å². The fourth-order valence-corrected chi connectivity index (χ4v) is 3.00. The molecule has 0 aliphatic carbocycles. The fraction of sp³-hybridized carbons (Fsp3) is 0.625. The van der Waals surface area contributed by atoms with Crippen molar-refractivity contribution >= 4 is 0 Å². The molecule has 0 spiro atoms. The highest BCUT2D eigenvalue weighted by Crippen LogP contribution is 2.40. The summed E-state index contributed by atoms with van der Waals surface area (Å²) in [5.41, 5.74) is 0.198. The molecule has 1 saturated heterocycles. The molecule has 0 aromatic heterocycles. The predicted molar refractivity (Wildman–Crippen MR) is 81.0 cm³/mol. The van der Waals surface area contributed by atoms with Crippen molar-refractivity contribution < 1.29 is 14.2 Å². The average Bonchev–Trinajstić information content (AvgIpc) is 2.50. The molecule has 1 heterocycles. The van der Waals surface area contributed by atoms with Gasteiger partial charge in [0.25, 0.3) is 0 Å². The second kappa shape index (κ2) is 6.73. The van der Waals surface area contributed by atoms with Crippen molar-refractivity contribution in [2.45, 2.75) is 19.9 Å². The van der Waals surface area contributed by atoms with E-state index < -0.39 is 5.41 Å². The van der Waals surface area contributed by atoms with Crippen LogP contribution in [-0.4, -0.2) is 49.9 Å². The number of nitrogens with zero attached hydrogens (tertiary/aromatic N) is 1. The number of methoxy groups -OCH3 is 1. The molecule has 118 valence electrons. The standard InChI is InChI=1S/C16H25FN2O2/c1-16(2,11-20)15(19-8-6-18-7-9-19)13-5-4-12(21-3)10-14(13)17/h4-5,10,15,18,20H,6-9,11H2,1-3H3/t15-/m1/s1. The van der Waals surface area contributed by atoms with E-state index in [2.05, 4.69) is 10.2 Å². The van der Waals surface area contributed by atoms with E-state index in [9.17, 15) is 9.50 Å². The molecule has 1 aromatic carbocycles. The zero-order valence-electron chi connectivity index (χ0n) is 13.0. The lowest BCUT2D eigenvalue weighted by Crippen LogP contribution is -2.49. The van der Waals surface area contributed by atoms with Gasteiger partial charge in [0.15, 0.2) is 0 Å². The first-order valence-corrected chi connectivity index (χ1v) is 7.38. The summed E-state index contributed by atoms with van der Waals surface area (Å²) >= 11 is 0. The Morgan fingerprint density at radius 1 is 1.38 bits per heavy atom. The van der Waals surface area contributed by atoms with Crippen LogP contribution in [0.4, 0.5) is 4.39 Å². The minimum absolute atomic E-state index is 0.00701. The van der Waals surface area contributed by atoms with E-state index in [0.29, 0.717) is 11.3 Å². The number of rotatable bonds is 5. The van der Waals surface area contributed by atoms with E-state index in [-0.39, 0.29) is 18.5 Å². The number of piperazine rings is 1. The maximum Gasteiger partial charge on any atom is 0.131 e. The highest BCUT2D eigenvalue weighted by Gasteiger charge is 2.37. The number of aliphatic hydroxyl groups is 1. The molecule has 1 fully saturated rings. The molecule has 2 N–H and O–H groups in total. The van der Waals surface area contributed by atoms with Gasteiger partial charge in [-0.05, 0) is 6.07 Å². The highest BCUT2D eigenvalue weighted by molar-refractivity contribution is 5.32. The zero-order chi connectivity index (χ0) is 15.5. The van der Waals surface area contributed by atoms with Crippen LogP contribution in [0.15, 0.2) is 18.2 Å². The largest absolute Gasteiger partial charge is 0.497 e. The maximum absolute atomic E-state index is 14.5. The summed E-state index contributed by atoms with van der Waals surface area (Å²) in [4.78, 5) is 2.25. The van der Waals surface area contributed by atoms with Crippen molar-refractivity contribution in [1.29, 1.82) is 0 Å². The quantitative estimate of drug-likeness (QED) is 0.870. The topological polar surface area (TPSA) is 44.7 Å². The van der Waals surface area contributed by atoms with Gasteiger partial charge in [-0.15, -0.1) is 0 Å². The Hall–Kier alpha value is -1.17. The monoisotopic (exact) mass is 296 g/mol. The lowest BCUT2D eigenvalue weighted by molar-refractivity contribution is 0.0286. The first kappa shape index (κ1) is 16.2. The van der Waals surface area contributed by atoms with Crippen LogP contribution in [0.2, 0.25) is 0 Å². The molecule has 0 bridgehead atoms. The Kier molecular flexibility index (Phi) is 5.19. The highest BCUT2D eigenvalue weighted by atomic mass is 19.1. The van der Waals surface area contributed by atoms with Gasteiger partial charge in [-0.2, -0.15) is 0 Å². The lowest BCUT2D eigenvalue weighted by atomic mass is 9.79. The van der Waals surface area contributed by atoms with E-state index in [1.807, 2.05) is 13.8 Å². The van der Waals surface area contributed by atoms with E-state index in [1.54, 1.807) is 12.1 Å². The summed E-state index contributed by atoms with van der Waals surface area (Å²) in [6, 6.07) is 4.81. The minimum atomic E-state index is -0.424. The van der Waals surface area contributed by atoms with Gasteiger partial charge in [0.1, 0.15) is 11.6 Å².